The fourth-order valence-electron chi connectivity index (χ4n) is 5.09. The second-order valence-electron chi connectivity index (χ2n) is 9.54. The van der Waals surface area contributed by atoms with Crippen molar-refractivity contribution < 1.29 is 19.0 Å². The molecule has 4 heterocycles. The van der Waals surface area contributed by atoms with Crippen molar-refractivity contribution in [2.24, 2.45) is 0 Å². The van der Waals surface area contributed by atoms with Crippen LogP contribution in [0.2, 0.25) is 0 Å². The number of benzene rings is 2. The minimum Gasteiger partial charge on any atom is -0.497 e. The number of nitrogens with one attached hydrogen (secondary N) is 3. The van der Waals surface area contributed by atoms with Gasteiger partial charge in [0.15, 0.2) is 0 Å². The summed E-state index contributed by atoms with van der Waals surface area (Å²) in [6.07, 6.45) is 6.02. The predicted molar refractivity (Wildman–Crippen MR) is 141 cm³/mol. The van der Waals surface area contributed by atoms with Crippen LogP contribution in [0.3, 0.4) is 0 Å². The molecule has 2 aromatic carbocycles. The third-order valence-corrected chi connectivity index (χ3v) is 7.19. The number of nitrogens with zero attached hydrogens (tertiary/aromatic N) is 1. The normalized spacial score (nSPS) is 16.2. The average molecular weight is 499 g/mol. The Morgan fingerprint density at radius 3 is 2.84 bits per heavy atom. The van der Waals surface area contributed by atoms with Crippen LogP contribution in [0, 0.1) is 0 Å². The number of carbonyl (C=O) groups is 1. The maximum Gasteiger partial charge on any atom is 0.269 e. The topological polar surface area (TPSA) is 97.5 Å². The number of aromatic amines is 1. The van der Waals surface area contributed by atoms with Gasteiger partial charge in [0, 0.05) is 61.3 Å². The molecule has 3 N–H and O–H groups in total. The number of amides is 1. The molecule has 190 valence electrons. The molecule has 1 fully saturated rings. The summed E-state index contributed by atoms with van der Waals surface area (Å²) in [5.74, 6) is 0.973. The summed E-state index contributed by atoms with van der Waals surface area (Å²) in [6, 6.07) is 15.8. The lowest BCUT2D eigenvalue weighted by atomic mass is 10.00. The summed E-state index contributed by atoms with van der Waals surface area (Å²) in [5.41, 5.74) is 5.49. The molecule has 37 heavy (non-hydrogen) atoms. The van der Waals surface area contributed by atoms with E-state index in [0.29, 0.717) is 25.3 Å². The first-order chi connectivity index (χ1) is 18.1. The first kappa shape index (κ1) is 23.5. The maximum absolute atomic E-state index is 12.9. The number of rotatable bonds is 6. The number of pyridine rings is 1. The molecule has 0 radical (unpaired) electrons. The van der Waals surface area contributed by atoms with Gasteiger partial charge in [0.25, 0.3) is 5.91 Å². The van der Waals surface area contributed by atoms with Crippen LogP contribution in [0.25, 0.3) is 22.0 Å². The lowest BCUT2D eigenvalue weighted by Gasteiger charge is -2.41. The number of hydrogen-bond acceptors (Lipinski definition) is 6. The van der Waals surface area contributed by atoms with Crippen molar-refractivity contribution in [3.63, 3.8) is 0 Å². The van der Waals surface area contributed by atoms with Gasteiger partial charge in [0.1, 0.15) is 17.2 Å². The minimum atomic E-state index is -0.513. The number of carbonyl (C=O) groups excluding carboxylic acids is 1. The van der Waals surface area contributed by atoms with Crippen LogP contribution in [0.1, 0.15) is 34.5 Å². The van der Waals surface area contributed by atoms with Gasteiger partial charge in [0.2, 0.25) is 5.79 Å². The highest BCUT2D eigenvalue weighted by Crippen LogP contribution is 2.38. The van der Waals surface area contributed by atoms with Crippen LogP contribution in [0.4, 0.5) is 0 Å². The predicted octanol–water partition coefficient (Wildman–Crippen LogP) is 4.20. The molecule has 1 saturated heterocycles. The smallest absolute Gasteiger partial charge is 0.269 e. The second-order valence-corrected chi connectivity index (χ2v) is 9.54. The van der Waals surface area contributed by atoms with Crippen molar-refractivity contribution >= 4 is 16.8 Å². The minimum absolute atomic E-state index is 0.197. The molecule has 0 saturated carbocycles. The SMILES string of the molecule is COc1ccc2[nH]cc(CCNC(=O)c3cc(-c4ccc5c(c4)COC4(CCNCC4)O5)ccn3)c2c1. The third kappa shape index (κ3) is 4.77. The van der Waals surface area contributed by atoms with Gasteiger partial charge in [-0.2, -0.15) is 0 Å². The van der Waals surface area contributed by atoms with E-state index < -0.39 is 5.79 Å². The van der Waals surface area contributed by atoms with Crippen molar-refractivity contribution in [1.82, 2.24) is 20.6 Å². The van der Waals surface area contributed by atoms with Crippen LogP contribution in [0.15, 0.2) is 60.9 Å². The molecule has 1 spiro atoms. The number of hydrogen-bond donors (Lipinski definition) is 3. The van der Waals surface area contributed by atoms with E-state index >= 15 is 0 Å². The second kappa shape index (κ2) is 9.88. The Bertz CT molecular complexity index is 1440. The molecule has 4 aromatic rings. The van der Waals surface area contributed by atoms with Crippen LogP contribution < -0.4 is 20.1 Å². The summed E-state index contributed by atoms with van der Waals surface area (Å²) < 4.78 is 17.8. The zero-order valence-corrected chi connectivity index (χ0v) is 20.8. The molecule has 2 aliphatic heterocycles. The van der Waals surface area contributed by atoms with E-state index in [1.54, 1.807) is 13.3 Å². The highest BCUT2D eigenvalue weighted by molar-refractivity contribution is 5.93. The number of ether oxygens (including phenoxy) is 3. The molecule has 1 amide bonds. The lowest BCUT2D eigenvalue weighted by Crippen LogP contribution is -2.49. The van der Waals surface area contributed by atoms with Crippen LogP contribution in [-0.2, 0) is 17.8 Å². The molecule has 0 atom stereocenters. The first-order valence-electron chi connectivity index (χ1n) is 12.7. The van der Waals surface area contributed by atoms with Crippen molar-refractivity contribution in [3.05, 3.63) is 77.7 Å². The summed E-state index contributed by atoms with van der Waals surface area (Å²) in [4.78, 5) is 20.5. The summed E-state index contributed by atoms with van der Waals surface area (Å²) in [7, 11) is 1.66. The van der Waals surface area contributed by atoms with Crippen molar-refractivity contribution in [2.75, 3.05) is 26.7 Å². The highest BCUT2D eigenvalue weighted by atomic mass is 16.7. The number of fused-ring (bicyclic) bond motifs is 2. The molecule has 8 heteroatoms. The Labute approximate surface area is 215 Å². The Balaban J connectivity index is 1.12. The Morgan fingerprint density at radius 2 is 1.97 bits per heavy atom. The first-order valence-corrected chi connectivity index (χ1v) is 12.7. The quantitative estimate of drug-likeness (QED) is 0.369. The molecule has 0 unspecified atom stereocenters. The van der Waals surface area contributed by atoms with E-state index in [1.165, 1.54) is 0 Å². The lowest BCUT2D eigenvalue weighted by molar-refractivity contribution is -0.218. The van der Waals surface area contributed by atoms with E-state index in [-0.39, 0.29) is 5.91 Å². The van der Waals surface area contributed by atoms with Gasteiger partial charge < -0.3 is 29.8 Å². The van der Waals surface area contributed by atoms with Gasteiger partial charge in [-0.1, -0.05) is 6.07 Å². The molecule has 0 bridgehead atoms. The summed E-state index contributed by atoms with van der Waals surface area (Å²) >= 11 is 0. The fourth-order valence-corrected chi connectivity index (χ4v) is 5.09. The van der Waals surface area contributed by atoms with Crippen LogP contribution in [-0.4, -0.2) is 48.4 Å². The van der Waals surface area contributed by atoms with E-state index in [4.69, 9.17) is 14.2 Å². The van der Waals surface area contributed by atoms with E-state index in [0.717, 1.165) is 70.6 Å². The monoisotopic (exact) mass is 498 g/mol. The Hall–Kier alpha value is -3.88. The van der Waals surface area contributed by atoms with Gasteiger partial charge in [-0.05, 0) is 65.6 Å². The van der Waals surface area contributed by atoms with E-state index in [9.17, 15) is 4.79 Å². The zero-order valence-electron chi connectivity index (χ0n) is 20.8. The van der Waals surface area contributed by atoms with Gasteiger partial charge in [-0.25, -0.2) is 0 Å². The van der Waals surface area contributed by atoms with Crippen molar-refractivity contribution in [2.45, 2.75) is 31.7 Å². The number of aromatic nitrogens is 2. The molecule has 6 rings (SSSR count). The largest absolute Gasteiger partial charge is 0.497 e. The highest BCUT2D eigenvalue weighted by Gasteiger charge is 2.38. The summed E-state index contributed by atoms with van der Waals surface area (Å²) in [6.45, 7) is 2.80. The zero-order chi connectivity index (χ0) is 25.2. The molecule has 2 aliphatic rings. The third-order valence-electron chi connectivity index (χ3n) is 7.19. The molecule has 8 nitrogen and oxygen atoms in total. The van der Waals surface area contributed by atoms with Gasteiger partial charge in [-0.15, -0.1) is 0 Å². The number of H-pyrrole nitrogens is 1. The van der Waals surface area contributed by atoms with Gasteiger partial charge in [0.05, 0.1) is 13.7 Å². The molecule has 0 aliphatic carbocycles. The van der Waals surface area contributed by atoms with E-state index in [1.807, 2.05) is 48.7 Å². The molecular weight excluding hydrogens is 468 g/mol. The number of piperidine rings is 1. The van der Waals surface area contributed by atoms with Gasteiger partial charge >= 0.3 is 0 Å². The van der Waals surface area contributed by atoms with Crippen LogP contribution in [0.5, 0.6) is 11.5 Å². The Kier molecular flexibility index (Phi) is 6.28. The fraction of sp³-hybridized carbons (Fsp3) is 0.310. The maximum atomic E-state index is 12.9. The average Bonchev–Trinajstić information content (AvgIpc) is 3.35. The van der Waals surface area contributed by atoms with Crippen LogP contribution >= 0.6 is 0 Å². The van der Waals surface area contributed by atoms with Gasteiger partial charge in [-0.3, -0.25) is 9.78 Å². The van der Waals surface area contributed by atoms with Crippen molar-refractivity contribution in [1.29, 1.82) is 0 Å². The standard InChI is InChI=1S/C29H30N4O4/c1-35-23-3-4-25-24(16-23)21(17-33-25)7-11-32-28(34)26-15-20(6-10-31-26)19-2-5-27-22(14-19)18-36-29(37-27)8-12-30-13-9-29/h2-6,10,14-17,30,33H,7-9,11-13,18H2,1H3,(H,32,34). The number of methoxy groups -OCH3 is 1. The van der Waals surface area contributed by atoms with Crippen molar-refractivity contribution in [3.8, 4) is 22.6 Å². The molecular formula is C29H30N4O4. The summed E-state index contributed by atoms with van der Waals surface area (Å²) in [5, 5.41) is 7.45. The Morgan fingerprint density at radius 1 is 1.11 bits per heavy atom. The molecule has 2 aromatic heterocycles. The van der Waals surface area contributed by atoms with E-state index in [2.05, 4.69) is 26.7 Å².